The van der Waals surface area contributed by atoms with Crippen LogP contribution in [0.15, 0.2) is 71.9 Å². The van der Waals surface area contributed by atoms with Gasteiger partial charge in [0.1, 0.15) is 12.4 Å². The van der Waals surface area contributed by atoms with E-state index in [0.29, 0.717) is 11.0 Å². The summed E-state index contributed by atoms with van der Waals surface area (Å²) in [6.45, 7) is 6.85. The fourth-order valence-electron chi connectivity index (χ4n) is 3.26. The Morgan fingerprint density at radius 2 is 1.67 bits per heavy atom. The van der Waals surface area contributed by atoms with Crippen LogP contribution in [0, 0.1) is 0 Å². The molecule has 3 aromatic carbocycles. The number of nitrogen functional groups attached to an aromatic ring is 1. The van der Waals surface area contributed by atoms with Crippen molar-refractivity contribution in [2.24, 2.45) is 0 Å². The molecule has 0 fully saturated rings. The van der Waals surface area contributed by atoms with Crippen LogP contribution in [0.25, 0.3) is 10.8 Å². The van der Waals surface area contributed by atoms with Crippen LogP contribution in [0.4, 0.5) is 0 Å². The normalized spacial score (nSPS) is 11.7. The number of nitrogens with zero attached hydrogens (tertiary/aromatic N) is 3. The summed E-state index contributed by atoms with van der Waals surface area (Å²) in [6, 6.07) is 22.9. The number of benzene rings is 3. The number of hydrogen-bond acceptors (Lipinski definition) is 5. The Bertz CT molecular complexity index is 1140. The molecule has 0 saturated heterocycles. The first-order chi connectivity index (χ1) is 14.4. The molecule has 4 rings (SSSR count). The summed E-state index contributed by atoms with van der Waals surface area (Å²) in [7, 11) is 0. The van der Waals surface area contributed by atoms with Crippen LogP contribution in [-0.4, -0.2) is 14.9 Å². The molecule has 0 radical (unpaired) electrons. The van der Waals surface area contributed by atoms with E-state index in [1.165, 1.54) is 26.6 Å². The molecule has 0 unspecified atom stereocenters. The summed E-state index contributed by atoms with van der Waals surface area (Å²) >= 11 is 1.57. The van der Waals surface area contributed by atoms with Crippen LogP contribution in [0.5, 0.6) is 5.75 Å². The van der Waals surface area contributed by atoms with Crippen molar-refractivity contribution in [1.82, 2.24) is 14.9 Å². The van der Waals surface area contributed by atoms with Crippen molar-refractivity contribution >= 4 is 22.5 Å². The summed E-state index contributed by atoms with van der Waals surface area (Å²) in [5.41, 5.74) is 2.63. The minimum Gasteiger partial charge on any atom is -0.486 e. The van der Waals surface area contributed by atoms with E-state index in [4.69, 9.17) is 10.6 Å². The minimum atomic E-state index is 0.117. The fourth-order valence-corrected chi connectivity index (χ4v) is 4.14. The first-order valence-corrected chi connectivity index (χ1v) is 10.9. The molecule has 5 nitrogen and oxygen atoms in total. The van der Waals surface area contributed by atoms with Crippen molar-refractivity contribution in [2.75, 3.05) is 5.84 Å². The zero-order valence-electron chi connectivity index (χ0n) is 17.5. The van der Waals surface area contributed by atoms with Gasteiger partial charge in [-0.05, 0) is 39.4 Å². The van der Waals surface area contributed by atoms with E-state index in [0.717, 1.165) is 11.5 Å². The van der Waals surface area contributed by atoms with Gasteiger partial charge in [0.15, 0.2) is 5.82 Å². The molecular weight excluding hydrogens is 392 g/mol. The Hall–Kier alpha value is -2.99. The second kappa shape index (κ2) is 8.40. The number of rotatable bonds is 6. The SMILES string of the molecule is CC(C)(C)c1ccc(OCc2nnc(SCc3cccc4ccccc34)n2N)cc1. The predicted molar refractivity (Wildman–Crippen MR) is 123 cm³/mol. The highest BCUT2D eigenvalue weighted by atomic mass is 32.2. The third-order valence-corrected chi connectivity index (χ3v) is 6.05. The van der Waals surface area contributed by atoms with Gasteiger partial charge in [0.25, 0.3) is 0 Å². The molecule has 4 aromatic rings. The number of thioether (sulfide) groups is 1. The summed E-state index contributed by atoms with van der Waals surface area (Å²) < 4.78 is 7.37. The maximum Gasteiger partial charge on any atom is 0.210 e. The second-order valence-corrected chi connectivity index (χ2v) is 9.20. The second-order valence-electron chi connectivity index (χ2n) is 8.26. The van der Waals surface area contributed by atoms with Gasteiger partial charge in [-0.1, -0.05) is 87.1 Å². The maximum absolute atomic E-state index is 6.22. The lowest BCUT2D eigenvalue weighted by molar-refractivity contribution is 0.291. The molecule has 0 aliphatic rings. The summed E-state index contributed by atoms with van der Waals surface area (Å²) in [5, 5.41) is 11.6. The number of ether oxygens (including phenoxy) is 1. The maximum atomic E-state index is 6.22. The van der Waals surface area contributed by atoms with E-state index in [9.17, 15) is 0 Å². The molecule has 154 valence electrons. The summed E-state index contributed by atoms with van der Waals surface area (Å²) in [6.07, 6.45) is 0. The van der Waals surface area contributed by atoms with Crippen molar-refractivity contribution < 1.29 is 4.74 Å². The largest absolute Gasteiger partial charge is 0.486 e. The van der Waals surface area contributed by atoms with Crippen LogP contribution in [0.3, 0.4) is 0 Å². The van der Waals surface area contributed by atoms with Crippen LogP contribution in [0.1, 0.15) is 37.7 Å². The van der Waals surface area contributed by atoms with E-state index >= 15 is 0 Å². The topological polar surface area (TPSA) is 66.0 Å². The number of hydrogen-bond donors (Lipinski definition) is 1. The average molecular weight is 419 g/mol. The molecule has 1 heterocycles. The van der Waals surface area contributed by atoms with Gasteiger partial charge >= 0.3 is 0 Å². The molecule has 1 aromatic heterocycles. The van der Waals surface area contributed by atoms with Crippen molar-refractivity contribution in [3.63, 3.8) is 0 Å². The van der Waals surface area contributed by atoms with E-state index in [1.54, 1.807) is 11.8 Å². The first kappa shape index (κ1) is 20.3. The number of fused-ring (bicyclic) bond motifs is 1. The van der Waals surface area contributed by atoms with Crippen molar-refractivity contribution in [3.05, 3.63) is 83.7 Å². The Kier molecular flexibility index (Phi) is 5.68. The van der Waals surface area contributed by atoms with Gasteiger partial charge < -0.3 is 10.6 Å². The third kappa shape index (κ3) is 4.44. The average Bonchev–Trinajstić information content (AvgIpc) is 3.10. The zero-order valence-corrected chi connectivity index (χ0v) is 18.3. The molecule has 30 heavy (non-hydrogen) atoms. The molecule has 2 N–H and O–H groups in total. The van der Waals surface area contributed by atoms with Crippen LogP contribution < -0.4 is 10.6 Å². The summed E-state index contributed by atoms with van der Waals surface area (Å²) in [4.78, 5) is 0. The molecule has 0 aliphatic carbocycles. The lowest BCUT2D eigenvalue weighted by Crippen LogP contribution is -2.16. The smallest absolute Gasteiger partial charge is 0.210 e. The first-order valence-electron chi connectivity index (χ1n) is 9.94. The Labute approximate surface area is 181 Å². The van der Waals surface area contributed by atoms with Crippen molar-refractivity contribution in [3.8, 4) is 5.75 Å². The van der Waals surface area contributed by atoms with Crippen LogP contribution in [0.2, 0.25) is 0 Å². The van der Waals surface area contributed by atoms with Crippen LogP contribution >= 0.6 is 11.8 Å². The highest BCUT2D eigenvalue weighted by molar-refractivity contribution is 7.98. The Balaban J connectivity index is 1.40. The van der Waals surface area contributed by atoms with Gasteiger partial charge in [0.2, 0.25) is 5.16 Å². The highest BCUT2D eigenvalue weighted by Crippen LogP contribution is 2.27. The Morgan fingerprint density at radius 1 is 0.933 bits per heavy atom. The molecule has 6 heteroatoms. The van der Waals surface area contributed by atoms with Gasteiger partial charge in [-0.2, -0.15) is 0 Å². The molecule has 0 saturated carbocycles. The lowest BCUT2D eigenvalue weighted by Gasteiger charge is -2.19. The fraction of sp³-hybridized carbons (Fsp3) is 0.250. The van der Waals surface area contributed by atoms with Gasteiger partial charge in [0.05, 0.1) is 0 Å². The zero-order chi connectivity index (χ0) is 21.1. The van der Waals surface area contributed by atoms with Gasteiger partial charge in [-0.15, -0.1) is 10.2 Å². The Morgan fingerprint density at radius 3 is 2.43 bits per heavy atom. The van der Waals surface area contributed by atoms with Crippen molar-refractivity contribution in [2.45, 2.75) is 43.7 Å². The quantitative estimate of drug-likeness (QED) is 0.339. The van der Waals surface area contributed by atoms with E-state index < -0.39 is 0 Å². The van der Waals surface area contributed by atoms with Gasteiger partial charge in [-0.25, -0.2) is 4.68 Å². The molecule has 0 spiro atoms. The standard InChI is InChI=1S/C24H26N4OS/c1-24(2,3)19-11-13-20(14-12-19)29-15-22-26-27-23(28(22)25)30-16-18-9-6-8-17-7-4-5-10-21(17)18/h4-14H,15-16,25H2,1-3H3. The lowest BCUT2D eigenvalue weighted by atomic mass is 9.87. The monoisotopic (exact) mass is 418 g/mol. The minimum absolute atomic E-state index is 0.117. The molecule has 0 bridgehead atoms. The predicted octanol–water partition coefficient (Wildman–Crippen LogP) is 5.31. The number of nitrogens with two attached hydrogens (primary N) is 1. The molecule has 0 aliphatic heterocycles. The van der Waals surface area contributed by atoms with E-state index in [-0.39, 0.29) is 12.0 Å². The highest BCUT2D eigenvalue weighted by Gasteiger charge is 2.14. The van der Waals surface area contributed by atoms with Gasteiger partial charge in [0, 0.05) is 5.75 Å². The van der Waals surface area contributed by atoms with Gasteiger partial charge in [-0.3, -0.25) is 0 Å². The third-order valence-electron chi connectivity index (χ3n) is 5.06. The number of aromatic nitrogens is 3. The van der Waals surface area contributed by atoms with Crippen LogP contribution in [-0.2, 0) is 17.8 Å². The molecule has 0 atom stereocenters. The molecular formula is C24H26N4OS. The van der Waals surface area contributed by atoms with E-state index in [1.807, 2.05) is 12.1 Å². The van der Waals surface area contributed by atoms with Crippen molar-refractivity contribution in [1.29, 1.82) is 0 Å². The summed E-state index contributed by atoms with van der Waals surface area (Å²) in [5.74, 6) is 8.37. The molecule has 0 amide bonds. The van der Waals surface area contributed by atoms with E-state index in [2.05, 4.69) is 85.6 Å².